The summed E-state index contributed by atoms with van der Waals surface area (Å²) >= 11 is 0. The molecule has 88 valence electrons. The fourth-order valence-electron chi connectivity index (χ4n) is 1.67. The minimum atomic E-state index is -1.78. The van der Waals surface area contributed by atoms with Crippen molar-refractivity contribution in [2.45, 2.75) is 13.1 Å². The number of fused-ring (bicyclic) bond motifs is 1. The summed E-state index contributed by atoms with van der Waals surface area (Å²) < 4.78 is 18.6. The molecular formula is C13H12FNO2. The second kappa shape index (κ2) is 4.91. The standard InChI is InChI=1S/C13H12FNO2/c1-2-17-13(16)11(14)10-7-3-5-9-6-4-8-15-12(9)10/h3-8,11H,2H2,1H3. The molecule has 3 nitrogen and oxygen atoms in total. The van der Waals surface area contributed by atoms with Gasteiger partial charge in [-0.05, 0) is 13.0 Å². The number of hydrogen-bond acceptors (Lipinski definition) is 3. The van der Waals surface area contributed by atoms with Crippen LogP contribution in [0.2, 0.25) is 0 Å². The van der Waals surface area contributed by atoms with E-state index in [9.17, 15) is 9.18 Å². The normalized spacial score (nSPS) is 12.4. The first-order chi connectivity index (χ1) is 8.24. The van der Waals surface area contributed by atoms with Crippen molar-refractivity contribution in [1.82, 2.24) is 4.98 Å². The molecule has 1 aromatic carbocycles. The average Bonchev–Trinajstić information content (AvgIpc) is 2.37. The van der Waals surface area contributed by atoms with Crippen molar-refractivity contribution in [2.24, 2.45) is 0 Å². The van der Waals surface area contributed by atoms with Crippen LogP contribution in [0.15, 0.2) is 36.5 Å². The van der Waals surface area contributed by atoms with Gasteiger partial charge in [-0.3, -0.25) is 4.98 Å². The molecule has 0 aliphatic rings. The fourth-order valence-corrected chi connectivity index (χ4v) is 1.67. The number of rotatable bonds is 3. The Morgan fingerprint density at radius 2 is 2.18 bits per heavy atom. The Balaban J connectivity index is 2.44. The first-order valence-corrected chi connectivity index (χ1v) is 5.38. The average molecular weight is 233 g/mol. The zero-order valence-corrected chi connectivity index (χ0v) is 9.39. The van der Waals surface area contributed by atoms with Crippen molar-refractivity contribution in [1.29, 1.82) is 0 Å². The van der Waals surface area contributed by atoms with Crippen molar-refractivity contribution in [3.05, 3.63) is 42.1 Å². The maximum atomic E-state index is 13.9. The molecule has 1 unspecified atom stereocenters. The highest BCUT2D eigenvalue weighted by atomic mass is 19.1. The third-order valence-corrected chi connectivity index (χ3v) is 2.43. The second-order valence-electron chi connectivity index (χ2n) is 3.54. The summed E-state index contributed by atoms with van der Waals surface area (Å²) in [5.74, 6) is -0.870. The highest BCUT2D eigenvalue weighted by Gasteiger charge is 2.23. The highest BCUT2D eigenvalue weighted by Crippen LogP contribution is 2.25. The second-order valence-corrected chi connectivity index (χ2v) is 3.54. The predicted octanol–water partition coefficient (Wildman–Crippen LogP) is 2.81. The number of aromatic nitrogens is 1. The van der Waals surface area contributed by atoms with Crippen molar-refractivity contribution in [2.75, 3.05) is 6.61 Å². The lowest BCUT2D eigenvalue weighted by molar-refractivity contribution is -0.149. The van der Waals surface area contributed by atoms with Gasteiger partial charge in [0.2, 0.25) is 6.17 Å². The number of carbonyl (C=O) groups is 1. The number of benzene rings is 1. The Morgan fingerprint density at radius 3 is 2.94 bits per heavy atom. The van der Waals surface area contributed by atoms with E-state index in [2.05, 4.69) is 9.72 Å². The van der Waals surface area contributed by atoms with E-state index in [4.69, 9.17) is 0 Å². The van der Waals surface area contributed by atoms with Crippen molar-refractivity contribution < 1.29 is 13.9 Å². The molecule has 4 heteroatoms. The van der Waals surface area contributed by atoms with Crippen LogP contribution in [0.5, 0.6) is 0 Å². The van der Waals surface area contributed by atoms with E-state index >= 15 is 0 Å². The van der Waals surface area contributed by atoms with Gasteiger partial charge >= 0.3 is 5.97 Å². The van der Waals surface area contributed by atoms with Gasteiger partial charge in [-0.1, -0.05) is 24.3 Å². The summed E-state index contributed by atoms with van der Waals surface area (Å²) in [6, 6.07) is 8.67. The lowest BCUT2D eigenvalue weighted by Crippen LogP contribution is -2.12. The number of pyridine rings is 1. The number of para-hydroxylation sites is 1. The number of halogens is 1. The van der Waals surface area contributed by atoms with Gasteiger partial charge in [-0.15, -0.1) is 0 Å². The fraction of sp³-hybridized carbons (Fsp3) is 0.231. The highest BCUT2D eigenvalue weighted by molar-refractivity contribution is 5.87. The molecule has 0 radical (unpaired) electrons. The van der Waals surface area contributed by atoms with Gasteiger partial charge in [0.25, 0.3) is 0 Å². The van der Waals surface area contributed by atoms with E-state index in [1.54, 1.807) is 31.3 Å². The third-order valence-electron chi connectivity index (χ3n) is 2.43. The summed E-state index contributed by atoms with van der Waals surface area (Å²) in [5, 5.41) is 0.803. The lowest BCUT2D eigenvalue weighted by Gasteiger charge is -2.09. The first-order valence-electron chi connectivity index (χ1n) is 5.38. The SMILES string of the molecule is CCOC(=O)C(F)c1cccc2cccnc12. The van der Waals surface area contributed by atoms with Gasteiger partial charge < -0.3 is 4.74 Å². The maximum absolute atomic E-state index is 13.9. The summed E-state index contributed by atoms with van der Waals surface area (Å²) in [7, 11) is 0. The maximum Gasteiger partial charge on any atom is 0.345 e. The van der Waals surface area contributed by atoms with Crippen LogP contribution in [0.4, 0.5) is 4.39 Å². The van der Waals surface area contributed by atoms with Crippen LogP contribution < -0.4 is 0 Å². The Hall–Kier alpha value is -1.97. The van der Waals surface area contributed by atoms with Crippen LogP contribution in [0.1, 0.15) is 18.7 Å². The predicted molar refractivity (Wildman–Crippen MR) is 62.2 cm³/mol. The van der Waals surface area contributed by atoms with Gasteiger partial charge in [0.05, 0.1) is 12.1 Å². The van der Waals surface area contributed by atoms with Crippen LogP contribution in [-0.4, -0.2) is 17.6 Å². The number of ether oxygens (including phenoxy) is 1. The molecule has 17 heavy (non-hydrogen) atoms. The summed E-state index contributed by atoms with van der Waals surface area (Å²) in [4.78, 5) is 15.5. The Morgan fingerprint density at radius 1 is 1.41 bits per heavy atom. The van der Waals surface area contributed by atoms with Gasteiger partial charge in [0, 0.05) is 17.1 Å². The van der Waals surface area contributed by atoms with Gasteiger partial charge in [-0.25, -0.2) is 9.18 Å². The van der Waals surface area contributed by atoms with Gasteiger partial charge in [0.15, 0.2) is 0 Å². The molecule has 0 fully saturated rings. The number of alkyl halides is 1. The molecule has 1 aromatic heterocycles. The molecule has 0 aliphatic heterocycles. The van der Waals surface area contributed by atoms with Crippen LogP contribution in [0.25, 0.3) is 10.9 Å². The smallest absolute Gasteiger partial charge is 0.345 e. The molecule has 0 saturated carbocycles. The molecule has 2 aromatic rings. The van der Waals surface area contributed by atoms with E-state index in [-0.39, 0.29) is 12.2 Å². The summed E-state index contributed by atoms with van der Waals surface area (Å²) in [6.45, 7) is 1.81. The molecule has 1 atom stereocenters. The first kappa shape index (κ1) is 11.5. The molecule has 0 aliphatic carbocycles. The number of carbonyl (C=O) groups excluding carboxylic acids is 1. The molecule has 0 N–H and O–H groups in total. The summed E-state index contributed by atoms with van der Waals surface area (Å²) in [6.07, 6.45) is -0.211. The van der Waals surface area contributed by atoms with Crippen molar-refractivity contribution >= 4 is 16.9 Å². The van der Waals surface area contributed by atoms with Crippen LogP contribution in [0, 0.1) is 0 Å². The van der Waals surface area contributed by atoms with Gasteiger partial charge in [0.1, 0.15) is 0 Å². The quantitative estimate of drug-likeness (QED) is 0.765. The minimum absolute atomic E-state index is 0.164. The topological polar surface area (TPSA) is 39.2 Å². The van der Waals surface area contributed by atoms with E-state index in [1.165, 1.54) is 0 Å². The third kappa shape index (κ3) is 2.25. The zero-order valence-electron chi connectivity index (χ0n) is 9.39. The zero-order chi connectivity index (χ0) is 12.3. The molecule has 1 heterocycles. The molecular weight excluding hydrogens is 221 g/mol. The molecule has 0 spiro atoms. The van der Waals surface area contributed by atoms with E-state index < -0.39 is 12.1 Å². The lowest BCUT2D eigenvalue weighted by atomic mass is 10.1. The van der Waals surface area contributed by atoms with Crippen LogP contribution >= 0.6 is 0 Å². The number of esters is 1. The molecule has 0 saturated heterocycles. The largest absolute Gasteiger partial charge is 0.464 e. The van der Waals surface area contributed by atoms with Crippen LogP contribution in [0.3, 0.4) is 0 Å². The molecule has 2 rings (SSSR count). The van der Waals surface area contributed by atoms with E-state index in [1.807, 2.05) is 12.1 Å². The van der Waals surface area contributed by atoms with Crippen LogP contribution in [-0.2, 0) is 9.53 Å². The van der Waals surface area contributed by atoms with Crippen molar-refractivity contribution in [3.63, 3.8) is 0 Å². The Bertz CT molecular complexity index is 536. The number of nitrogens with zero attached hydrogens (tertiary/aromatic N) is 1. The number of hydrogen-bond donors (Lipinski definition) is 0. The molecule has 0 bridgehead atoms. The summed E-state index contributed by atoms with van der Waals surface area (Å²) in [5.41, 5.74) is 0.747. The van der Waals surface area contributed by atoms with Crippen molar-refractivity contribution in [3.8, 4) is 0 Å². The van der Waals surface area contributed by atoms with E-state index in [0.29, 0.717) is 5.52 Å². The van der Waals surface area contributed by atoms with E-state index in [0.717, 1.165) is 5.39 Å². The minimum Gasteiger partial charge on any atom is -0.464 e. The molecule has 0 amide bonds. The Kier molecular flexibility index (Phi) is 3.32. The Labute approximate surface area is 98.2 Å². The van der Waals surface area contributed by atoms with Gasteiger partial charge in [-0.2, -0.15) is 0 Å². The monoisotopic (exact) mass is 233 g/mol.